The third-order valence-corrected chi connectivity index (χ3v) is 2.53. The Morgan fingerprint density at radius 1 is 1.27 bits per heavy atom. The standard InChI is InChI=1S/C14H18N2O6/c1-8(17)9-6-12(21-5)10(7-11(9)16(19)20)15-13(18)22-14(2,3)4/h6-7H,1-5H3,(H,15,18). The Morgan fingerprint density at radius 3 is 2.27 bits per heavy atom. The van der Waals surface area contributed by atoms with E-state index in [-0.39, 0.29) is 17.0 Å². The molecule has 0 aromatic heterocycles. The fraction of sp³-hybridized carbons (Fsp3) is 0.429. The van der Waals surface area contributed by atoms with Crippen LogP contribution in [0.15, 0.2) is 12.1 Å². The van der Waals surface area contributed by atoms with Gasteiger partial charge in [-0.25, -0.2) is 4.79 Å². The number of hydrogen-bond acceptors (Lipinski definition) is 6. The molecule has 0 heterocycles. The Labute approximate surface area is 127 Å². The number of nitro groups is 1. The predicted molar refractivity (Wildman–Crippen MR) is 79.5 cm³/mol. The maximum Gasteiger partial charge on any atom is 0.412 e. The van der Waals surface area contributed by atoms with Crippen LogP contribution < -0.4 is 10.1 Å². The van der Waals surface area contributed by atoms with E-state index in [1.165, 1.54) is 20.1 Å². The molecule has 8 heteroatoms. The zero-order valence-corrected chi connectivity index (χ0v) is 13.1. The largest absolute Gasteiger partial charge is 0.495 e. The van der Waals surface area contributed by atoms with Crippen LogP contribution in [0, 0.1) is 10.1 Å². The average Bonchev–Trinajstić information content (AvgIpc) is 2.35. The van der Waals surface area contributed by atoms with Gasteiger partial charge in [0.15, 0.2) is 5.78 Å². The molecule has 8 nitrogen and oxygen atoms in total. The van der Waals surface area contributed by atoms with E-state index < -0.39 is 28.1 Å². The first-order valence-corrected chi connectivity index (χ1v) is 6.42. The van der Waals surface area contributed by atoms with Gasteiger partial charge in [0.05, 0.1) is 23.3 Å². The lowest BCUT2D eigenvalue weighted by Crippen LogP contribution is -2.27. The summed E-state index contributed by atoms with van der Waals surface area (Å²) in [6, 6.07) is 2.28. The van der Waals surface area contributed by atoms with Crippen molar-refractivity contribution in [3.05, 3.63) is 27.8 Å². The average molecular weight is 310 g/mol. The summed E-state index contributed by atoms with van der Waals surface area (Å²) in [5, 5.41) is 13.4. The van der Waals surface area contributed by atoms with E-state index in [0.717, 1.165) is 6.07 Å². The number of nitro benzene ring substituents is 1. The summed E-state index contributed by atoms with van der Waals surface area (Å²) in [5.74, 6) is -0.351. The zero-order valence-electron chi connectivity index (χ0n) is 13.1. The van der Waals surface area contributed by atoms with Crippen molar-refractivity contribution in [2.24, 2.45) is 0 Å². The molecule has 1 aromatic rings. The van der Waals surface area contributed by atoms with Gasteiger partial charge in [-0.2, -0.15) is 0 Å². The highest BCUT2D eigenvalue weighted by molar-refractivity contribution is 6.00. The molecule has 0 aliphatic heterocycles. The Morgan fingerprint density at radius 2 is 1.86 bits per heavy atom. The zero-order chi connectivity index (χ0) is 17.1. The van der Waals surface area contributed by atoms with Crippen LogP contribution in [0.4, 0.5) is 16.2 Å². The van der Waals surface area contributed by atoms with Gasteiger partial charge < -0.3 is 9.47 Å². The van der Waals surface area contributed by atoms with Crippen molar-refractivity contribution in [1.82, 2.24) is 0 Å². The van der Waals surface area contributed by atoms with Crippen molar-refractivity contribution in [3.8, 4) is 5.75 Å². The summed E-state index contributed by atoms with van der Waals surface area (Å²) < 4.78 is 10.1. The van der Waals surface area contributed by atoms with E-state index in [9.17, 15) is 19.7 Å². The number of carbonyl (C=O) groups excluding carboxylic acids is 2. The minimum atomic E-state index is -0.782. The topological polar surface area (TPSA) is 108 Å². The monoisotopic (exact) mass is 310 g/mol. The summed E-state index contributed by atoms with van der Waals surface area (Å²) in [6.07, 6.45) is -0.782. The summed E-state index contributed by atoms with van der Waals surface area (Å²) in [7, 11) is 1.32. The van der Waals surface area contributed by atoms with Crippen molar-refractivity contribution in [2.45, 2.75) is 33.3 Å². The number of methoxy groups -OCH3 is 1. The Hall–Kier alpha value is -2.64. The maximum atomic E-state index is 11.8. The van der Waals surface area contributed by atoms with Crippen molar-refractivity contribution in [2.75, 3.05) is 12.4 Å². The SMILES string of the molecule is COc1cc(C(C)=O)c([N+](=O)[O-])cc1NC(=O)OC(C)(C)C. The normalized spacial score (nSPS) is 10.8. The number of nitrogens with zero attached hydrogens (tertiary/aromatic N) is 1. The second kappa shape index (κ2) is 6.42. The molecule has 0 aliphatic rings. The first-order valence-electron chi connectivity index (χ1n) is 6.42. The van der Waals surface area contributed by atoms with E-state index >= 15 is 0 Å². The number of hydrogen-bond donors (Lipinski definition) is 1. The van der Waals surface area contributed by atoms with Gasteiger partial charge in [0.1, 0.15) is 11.4 Å². The van der Waals surface area contributed by atoms with Crippen LogP contribution in [-0.4, -0.2) is 29.5 Å². The number of rotatable bonds is 4. The van der Waals surface area contributed by atoms with Crippen LogP contribution in [0.2, 0.25) is 0 Å². The van der Waals surface area contributed by atoms with Gasteiger partial charge in [0, 0.05) is 6.07 Å². The Bertz CT molecular complexity index is 618. The summed E-state index contributed by atoms with van der Waals surface area (Å²) in [6.45, 7) is 6.27. The second-order valence-corrected chi connectivity index (χ2v) is 5.51. The van der Waals surface area contributed by atoms with E-state index in [1.54, 1.807) is 20.8 Å². The fourth-order valence-corrected chi connectivity index (χ4v) is 1.68. The lowest BCUT2D eigenvalue weighted by Gasteiger charge is -2.20. The number of benzene rings is 1. The molecule has 0 fully saturated rings. The first kappa shape index (κ1) is 17.4. The van der Waals surface area contributed by atoms with E-state index in [2.05, 4.69) is 5.32 Å². The fourth-order valence-electron chi connectivity index (χ4n) is 1.68. The smallest absolute Gasteiger partial charge is 0.412 e. The number of nitrogens with one attached hydrogen (secondary N) is 1. The molecule has 0 spiro atoms. The minimum absolute atomic E-state index is 0.0495. The van der Waals surface area contributed by atoms with Crippen LogP contribution in [-0.2, 0) is 4.74 Å². The van der Waals surface area contributed by atoms with Gasteiger partial charge >= 0.3 is 6.09 Å². The van der Waals surface area contributed by atoms with Crippen LogP contribution in [0.3, 0.4) is 0 Å². The maximum absolute atomic E-state index is 11.8. The third kappa shape index (κ3) is 4.44. The molecule has 0 saturated heterocycles. The van der Waals surface area contributed by atoms with Crippen molar-refractivity contribution in [1.29, 1.82) is 0 Å². The summed E-state index contributed by atoms with van der Waals surface area (Å²) >= 11 is 0. The van der Waals surface area contributed by atoms with Crippen molar-refractivity contribution < 1.29 is 24.0 Å². The Balaban J connectivity index is 3.24. The van der Waals surface area contributed by atoms with Gasteiger partial charge in [0.2, 0.25) is 0 Å². The number of amides is 1. The molecule has 1 rings (SSSR count). The number of carbonyl (C=O) groups is 2. The molecule has 0 atom stereocenters. The van der Waals surface area contributed by atoms with Crippen LogP contribution in [0.5, 0.6) is 5.75 Å². The number of Topliss-reactive ketones (excluding diaryl/α,β-unsaturated/α-hetero) is 1. The summed E-state index contributed by atoms with van der Waals surface area (Å²) in [5.41, 5.74) is -1.19. The van der Waals surface area contributed by atoms with Gasteiger partial charge in [-0.15, -0.1) is 0 Å². The molecular formula is C14H18N2O6. The molecule has 0 saturated carbocycles. The van der Waals surface area contributed by atoms with Crippen molar-refractivity contribution >= 4 is 23.3 Å². The van der Waals surface area contributed by atoms with Gasteiger partial charge in [-0.3, -0.25) is 20.2 Å². The highest BCUT2D eigenvalue weighted by Gasteiger charge is 2.24. The highest BCUT2D eigenvalue weighted by atomic mass is 16.6. The van der Waals surface area contributed by atoms with E-state index in [4.69, 9.17) is 9.47 Å². The number of ether oxygens (including phenoxy) is 2. The van der Waals surface area contributed by atoms with E-state index in [1.807, 2.05) is 0 Å². The molecule has 1 amide bonds. The lowest BCUT2D eigenvalue weighted by atomic mass is 10.1. The third-order valence-electron chi connectivity index (χ3n) is 2.53. The van der Waals surface area contributed by atoms with Crippen LogP contribution in [0.1, 0.15) is 38.1 Å². The van der Waals surface area contributed by atoms with Crippen LogP contribution >= 0.6 is 0 Å². The van der Waals surface area contributed by atoms with Crippen molar-refractivity contribution in [3.63, 3.8) is 0 Å². The second-order valence-electron chi connectivity index (χ2n) is 5.51. The van der Waals surface area contributed by atoms with Gasteiger partial charge in [0.25, 0.3) is 5.69 Å². The number of anilines is 1. The number of ketones is 1. The van der Waals surface area contributed by atoms with Gasteiger partial charge in [-0.1, -0.05) is 0 Å². The van der Waals surface area contributed by atoms with Gasteiger partial charge in [-0.05, 0) is 33.8 Å². The molecule has 0 bridgehead atoms. The molecule has 22 heavy (non-hydrogen) atoms. The lowest BCUT2D eigenvalue weighted by molar-refractivity contribution is -0.385. The molecule has 120 valence electrons. The molecule has 1 aromatic carbocycles. The molecule has 1 N–H and O–H groups in total. The summed E-state index contributed by atoms with van der Waals surface area (Å²) in [4.78, 5) is 33.6. The first-order chi connectivity index (χ1) is 10.0. The minimum Gasteiger partial charge on any atom is -0.495 e. The quantitative estimate of drug-likeness (QED) is 0.520. The molecule has 0 unspecified atom stereocenters. The molecular weight excluding hydrogens is 292 g/mol. The molecule has 0 radical (unpaired) electrons. The Kier molecular flexibility index (Phi) is 5.08. The van der Waals surface area contributed by atoms with E-state index in [0.29, 0.717) is 0 Å². The predicted octanol–water partition coefficient (Wildman–Crippen LogP) is 3.15. The van der Waals surface area contributed by atoms with Crippen LogP contribution in [0.25, 0.3) is 0 Å². The molecule has 0 aliphatic carbocycles. The highest BCUT2D eigenvalue weighted by Crippen LogP contribution is 2.33.